The maximum absolute atomic E-state index is 12.3. The highest BCUT2D eigenvalue weighted by Gasteiger charge is 2.36. The van der Waals surface area contributed by atoms with Gasteiger partial charge in [0, 0.05) is 19.1 Å². The van der Waals surface area contributed by atoms with Gasteiger partial charge in [-0.05, 0) is 44.0 Å². The number of amides is 2. The van der Waals surface area contributed by atoms with E-state index in [1.807, 2.05) is 6.92 Å². The van der Waals surface area contributed by atoms with Gasteiger partial charge in [-0.3, -0.25) is 0 Å². The zero-order chi connectivity index (χ0) is 18.7. The van der Waals surface area contributed by atoms with Crippen molar-refractivity contribution in [2.75, 3.05) is 26.7 Å². The number of piperidine rings is 1. The zero-order valence-electron chi connectivity index (χ0n) is 14.8. The van der Waals surface area contributed by atoms with Gasteiger partial charge >= 0.3 is 18.2 Å². The quantitative estimate of drug-likeness (QED) is 0.767. The number of nitrogens with zero attached hydrogens (tertiary/aromatic N) is 2. The molecule has 2 heterocycles. The van der Waals surface area contributed by atoms with E-state index in [-0.39, 0.29) is 18.2 Å². The van der Waals surface area contributed by atoms with E-state index >= 15 is 0 Å². The minimum Gasteiger partial charge on any atom is -0.465 e. The standard InChI is InChI=1S/C18H22N2O6/c1-12-11-20(18(23)25-12)14-7-9-19(10-8-14)17(22)26-15-5-3-13(4-6-15)16(21)24-2/h3-6,12,14H,7-11H2,1-2H3. The van der Waals surface area contributed by atoms with E-state index in [1.165, 1.54) is 7.11 Å². The van der Waals surface area contributed by atoms with Crippen LogP contribution in [0.1, 0.15) is 30.1 Å². The summed E-state index contributed by atoms with van der Waals surface area (Å²) < 4.78 is 15.1. The number of ether oxygens (including phenoxy) is 3. The molecule has 140 valence electrons. The summed E-state index contributed by atoms with van der Waals surface area (Å²) in [5.41, 5.74) is 0.389. The van der Waals surface area contributed by atoms with Gasteiger partial charge in [0.25, 0.3) is 0 Å². The third-order valence-corrected chi connectivity index (χ3v) is 4.63. The fourth-order valence-electron chi connectivity index (χ4n) is 3.23. The Kier molecular flexibility index (Phi) is 5.29. The Balaban J connectivity index is 1.51. The monoisotopic (exact) mass is 362 g/mol. The molecule has 8 heteroatoms. The van der Waals surface area contributed by atoms with Crippen molar-refractivity contribution in [2.24, 2.45) is 0 Å². The fourth-order valence-corrected chi connectivity index (χ4v) is 3.23. The first-order chi connectivity index (χ1) is 12.5. The molecule has 0 radical (unpaired) electrons. The molecule has 0 bridgehead atoms. The molecule has 3 rings (SSSR count). The molecule has 2 saturated heterocycles. The molecule has 2 aliphatic rings. The second-order valence-electron chi connectivity index (χ2n) is 6.45. The number of cyclic esters (lactones) is 1. The first-order valence-electron chi connectivity index (χ1n) is 8.60. The topological polar surface area (TPSA) is 85.4 Å². The number of hydrogen-bond acceptors (Lipinski definition) is 6. The number of likely N-dealkylation sites (tertiary alicyclic amines) is 1. The number of carbonyl (C=O) groups is 3. The maximum atomic E-state index is 12.3. The van der Waals surface area contributed by atoms with Crippen molar-refractivity contribution < 1.29 is 28.6 Å². The number of benzene rings is 1. The molecule has 2 aliphatic heterocycles. The summed E-state index contributed by atoms with van der Waals surface area (Å²) in [5, 5.41) is 0. The molecule has 2 fully saturated rings. The van der Waals surface area contributed by atoms with E-state index in [0.29, 0.717) is 43.8 Å². The Morgan fingerprint density at radius 1 is 1.15 bits per heavy atom. The number of hydrogen-bond donors (Lipinski definition) is 0. The molecule has 1 unspecified atom stereocenters. The molecule has 1 aromatic rings. The lowest BCUT2D eigenvalue weighted by Crippen LogP contribution is -2.47. The summed E-state index contributed by atoms with van der Waals surface area (Å²) >= 11 is 0. The van der Waals surface area contributed by atoms with Gasteiger partial charge in [-0.25, -0.2) is 14.4 Å². The van der Waals surface area contributed by atoms with Crippen molar-refractivity contribution in [2.45, 2.75) is 31.9 Å². The van der Waals surface area contributed by atoms with Crippen molar-refractivity contribution in [3.8, 4) is 5.75 Å². The van der Waals surface area contributed by atoms with Crippen LogP contribution in [0.2, 0.25) is 0 Å². The molecule has 0 aliphatic carbocycles. The van der Waals surface area contributed by atoms with Gasteiger partial charge in [0.2, 0.25) is 0 Å². The van der Waals surface area contributed by atoms with E-state index in [9.17, 15) is 14.4 Å². The summed E-state index contributed by atoms with van der Waals surface area (Å²) in [5.74, 6) is -0.0820. The van der Waals surface area contributed by atoms with Crippen LogP contribution in [0.3, 0.4) is 0 Å². The van der Waals surface area contributed by atoms with Crippen LogP contribution in [0.5, 0.6) is 5.75 Å². The van der Waals surface area contributed by atoms with Crippen molar-refractivity contribution in [1.82, 2.24) is 9.80 Å². The van der Waals surface area contributed by atoms with Gasteiger partial charge in [-0.15, -0.1) is 0 Å². The van der Waals surface area contributed by atoms with E-state index in [4.69, 9.17) is 9.47 Å². The molecule has 1 atom stereocenters. The van der Waals surface area contributed by atoms with Crippen molar-refractivity contribution >= 4 is 18.2 Å². The van der Waals surface area contributed by atoms with Gasteiger partial charge in [0.15, 0.2) is 0 Å². The second-order valence-corrected chi connectivity index (χ2v) is 6.45. The largest absolute Gasteiger partial charge is 0.465 e. The van der Waals surface area contributed by atoms with Crippen molar-refractivity contribution in [3.05, 3.63) is 29.8 Å². The average molecular weight is 362 g/mol. The lowest BCUT2D eigenvalue weighted by Gasteiger charge is -2.34. The Bertz CT molecular complexity index is 681. The number of methoxy groups -OCH3 is 1. The van der Waals surface area contributed by atoms with E-state index in [0.717, 1.165) is 0 Å². The molecule has 8 nitrogen and oxygen atoms in total. The van der Waals surface area contributed by atoms with Gasteiger partial charge in [0.05, 0.1) is 19.2 Å². The van der Waals surface area contributed by atoms with Crippen LogP contribution < -0.4 is 4.74 Å². The minimum atomic E-state index is -0.445. The number of esters is 1. The first kappa shape index (κ1) is 18.0. The van der Waals surface area contributed by atoms with Gasteiger partial charge in [-0.1, -0.05) is 0 Å². The fraction of sp³-hybridized carbons (Fsp3) is 0.500. The van der Waals surface area contributed by atoms with Gasteiger partial charge < -0.3 is 24.0 Å². The van der Waals surface area contributed by atoms with Crippen LogP contribution >= 0.6 is 0 Å². The predicted molar refractivity (Wildman–Crippen MR) is 91.0 cm³/mol. The van der Waals surface area contributed by atoms with Crippen molar-refractivity contribution in [1.29, 1.82) is 0 Å². The summed E-state index contributed by atoms with van der Waals surface area (Å²) in [6, 6.07) is 6.29. The van der Waals surface area contributed by atoms with Crippen LogP contribution in [-0.4, -0.2) is 66.8 Å². The average Bonchev–Trinajstić information content (AvgIpc) is 3.00. The highest BCUT2D eigenvalue weighted by atomic mass is 16.6. The first-order valence-corrected chi connectivity index (χ1v) is 8.60. The van der Waals surface area contributed by atoms with Gasteiger partial charge in [0.1, 0.15) is 11.9 Å². The Labute approximate surface area is 151 Å². The molecule has 0 N–H and O–H groups in total. The van der Waals surface area contributed by atoms with Crippen LogP contribution in [0, 0.1) is 0 Å². The number of rotatable bonds is 3. The van der Waals surface area contributed by atoms with Crippen LogP contribution in [-0.2, 0) is 9.47 Å². The summed E-state index contributed by atoms with van der Waals surface area (Å²) in [6.45, 7) is 3.50. The highest BCUT2D eigenvalue weighted by Crippen LogP contribution is 2.23. The third-order valence-electron chi connectivity index (χ3n) is 4.63. The molecule has 0 spiro atoms. The Morgan fingerprint density at radius 2 is 1.81 bits per heavy atom. The highest BCUT2D eigenvalue weighted by molar-refractivity contribution is 5.89. The summed E-state index contributed by atoms with van der Waals surface area (Å²) in [7, 11) is 1.31. The van der Waals surface area contributed by atoms with Crippen LogP contribution in [0.15, 0.2) is 24.3 Å². The maximum Gasteiger partial charge on any atom is 0.415 e. The second kappa shape index (κ2) is 7.63. The summed E-state index contributed by atoms with van der Waals surface area (Å²) in [6.07, 6.45) is 0.588. The molecular formula is C18H22N2O6. The normalized spacial score (nSPS) is 20.7. The lowest BCUT2D eigenvalue weighted by molar-refractivity contribution is 0.0600. The van der Waals surface area contributed by atoms with E-state index in [1.54, 1.807) is 34.1 Å². The van der Waals surface area contributed by atoms with E-state index < -0.39 is 12.1 Å². The van der Waals surface area contributed by atoms with Crippen LogP contribution in [0.25, 0.3) is 0 Å². The minimum absolute atomic E-state index is 0.0848. The smallest absolute Gasteiger partial charge is 0.415 e. The predicted octanol–water partition coefficient (Wildman–Crippen LogP) is 2.28. The zero-order valence-corrected chi connectivity index (χ0v) is 14.8. The summed E-state index contributed by atoms with van der Waals surface area (Å²) in [4.78, 5) is 38.9. The van der Waals surface area contributed by atoms with Gasteiger partial charge in [-0.2, -0.15) is 0 Å². The third kappa shape index (κ3) is 3.89. The molecule has 0 saturated carbocycles. The lowest BCUT2D eigenvalue weighted by atomic mass is 10.0. The Hall–Kier alpha value is -2.77. The molecule has 1 aromatic carbocycles. The molecule has 2 amide bonds. The molecule has 26 heavy (non-hydrogen) atoms. The Morgan fingerprint density at radius 3 is 2.35 bits per heavy atom. The van der Waals surface area contributed by atoms with Crippen molar-refractivity contribution in [3.63, 3.8) is 0 Å². The SMILES string of the molecule is COC(=O)c1ccc(OC(=O)N2CCC(N3CC(C)OC3=O)CC2)cc1. The number of carbonyl (C=O) groups excluding carboxylic acids is 3. The van der Waals surface area contributed by atoms with Crippen LogP contribution in [0.4, 0.5) is 9.59 Å². The van der Waals surface area contributed by atoms with E-state index in [2.05, 4.69) is 4.74 Å². The molecular weight excluding hydrogens is 340 g/mol. The molecule has 0 aromatic heterocycles.